The molecule has 0 heterocycles. The van der Waals surface area contributed by atoms with Gasteiger partial charge in [0, 0.05) is 0 Å². The lowest BCUT2D eigenvalue weighted by atomic mass is 10.1. The molecule has 1 nitrogen and oxygen atoms in total. The van der Waals surface area contributed by atoms with Crippen molar-refractivity contribution in [3.8, 4) is 0 Å². The molecule has 70 valence electrons. The van der Waals surface area contributed by atoms with Crippen molar-refractivity contribution in [1.82, 2.24) is 0 Å². The third-order valence-electron chi connectivity index (χ3n) is 1.92. The SMILES string of the molecule is C=CCCCCCC(C)=CCO. The number of allylic oxidation sites excluding steroid dienone is 2. The van der Waals surface area contributed by atoms with Crippen molar-refractivity contribution in [2.24, 2.45) is 0 Å². The fraction of sp³-hybridized carbons (Fsp3) is 0.636. The van der Waals surface area contributed by atoms with E-state index >= 15 is 0 Å². The van der Waals surface area contributed by atoms with Crippen molar-refractivity contribution in [2.45, 2.75) is 39.0 Å². The first kappa shape index (κ1) is 11.4. The minimum atomic E-state index is 0.179. The number of hydrogen-bond acceptors (Lipinski definition) is 1. The fourth-order valence-corrected chi connectivity index (χ4v) is 1.13. The number of unbranched alkanes of at least 4 members (excludes halogenated alkanes) is 3. The summed E-state index contributed by atoms with van der Waals surface area (Å²) in [5.41, 5.74) is 1.30. The van der Waals surface area contributed by atoms with Crippen LogP contribution < -0.4 is 0 Å². The highest BCUT2D eigenvalue weighted by Gasteiger charge is 1.90. The Hall–Kier alpha value is -0.560. The summed E-state index contributed by atoms with van der Waals surface area (Å²) in [7, 11) is 0. The van der Waals surface area contributed by atoms with Gasteiger partial charge in [-0.05, 0) is 32.6 Å². The molecular weight excluding hydrogens is 148 g/mol. The Bertz CT molecular complexity index is 136. The topological polar surface area (TPSA) is 20.2 Å². The number of hydrogen-bond donors (Lipinski definition) is 1. The minimum absolute atomic E-state index is 0.179. The molecule has 0 radical (unpaired) electrons. The lowest BCUT2D eigenvalue weighted by molar-refractivity contribution is 0.341. The van der Waals surface area contributed by atoms with Gasteiger partial charge in [-0.15, -0.1) is 6.58 Å². The largest absolute Gasteiger partial charge is 0.392 e. The third-order valence-corrected chi connectivity index (χ3v) is 1.92. The van der Waals surface area contributed by atoms with Crippen LogP contribution >= 0.6 is 0 Å². The van der Waals surface area contributed by atoms with Gasteiger partial charge in [0.1, 0.15) is 0 Å². The second-order valence-electron chi connectivity index (χ2n) is 3.12. The second kappa shape index (κ2) is 8.54. The molecule has 1 N–H and O–H groups in total. The van der Waals surface area contributed by atoms with Gasteiger partial charge < -0.3 is 5.11 Å². The molecule has 0 aliphatic carbocycles. The van der Waals surface area contributed by atoms with Crippen LogP contribution in [0.3, 0.4) is 0 Å². The molecule has 0 aromatic carbocycles. The second-order valence-corrected chi connectivity index (χ2v) is 3.12. The van der Waals surface area contributed by atoms with Crippen molar-refractivity contribution in [2.75, 3.05) is 6.61 Å². The first-order valence-electron chi connectivity index (χ1n) is 4.68. The Morgan fingerprint density at radius 1 is 1.33 bits per heavy atom. The maximum absolute atomic E-state index is 8.59. The van der Waals surface area contributed by atoms with Crippen LogP contribution in [0.5, 0.6) is 0 Å². The van der Waals surface area contributed by atoms with Gasteiger partial charge in [0.05, 0.1) is 6.61 Å². The molecule has 0 unspecified atom stereocenters. The molecule has 0 aliphatic rings. The molecule has 0 aliphatic heterocycles. The first-order valence-corrected chi connectivity index (χ1v) is 4.68. The van der Waals surface area contributed by atoms with E-state index in [1.54, 1.807) is 0 Å². The van der Waals surface area contributed by atoms with Crippen LogP contribution in [0.4, 0.5) is 0 Å². The van der Waals surface area contributed by atoms with Crippen LogP contribution in [0.2, 0.25) is 0 Å². The molecule has 0 saturated carbocycles. The van der Waals surface area contributed by atoms with Crippen LogP contribution in [0.1, 0.15) is 39.0 Å². The molecule has 0 bridgehead atoms. The predicted octanol–water partition coefficient (Wildman–Crippen LogP) is 3.06. The minimum Gasteiger partial charge on any atom is -0.392 e. The van der Waals surface area contributed by atoms with Gasteiger partial charge in [0.2, 0.25) is 0 Å². The van der Waals surface area contributed by atoms with Crippen molar-refractivity contribution < 1.29 is 5.11 Å². The van der Waals surface area contributed by atoms with Gasteiger partial charge in [-0.3, -0.25) is 0 Å². The van der Waals surface area contributed by atoms with Crippen LogP contribution in [-0.4, -0.2) is 11.7 Å². The first-order chi connectivity index (χ1) is 5.81. The fourth-order valence-electron chi connectivity index (χ4n) is 1.13. The van der Waals surface area contributed by atoms with Crippen molar-refractivity contribution in [1.29, 1.82) is 0 Å². The van der Waals surface area contributed by atoms with Gasteiger partial charge in [0.25, 0.3) is 0 Å². The summed E-state index contributed by atoms with van der Waals surface area (Å²) in [5.74, 6) is 0. The van der Waals surface area contributed by atoms with Gasteiger partial charge in [-0.25, -0.2) is 0 Å². The van der Waals surface area contributed by atoms with E-state index in [1.165, 1.54) is 24.8 Å². The molecule has 0 atom stereocenters. The van der Waals surface area contributed by atoms with Crippen LogP contribution in [0, 0.1) is 0 Å². The Morgan fingerprint density at radius 2 is 2.08 bits per heavy atom. The van der Waals surface area contributed by atoms with E-state index in [2.05, 4.69) is 13.5 Å². The highest BCUT2D eigenvalue weighted by Crippen LogP contribution is 2.09. The summed E-state index contributed by atoms with van der Waals surface area (Å²) in [6, 6.07) is 0. The smallest absolute Gasteiger partial charge is 0.0614 e. The monoisotopic (exact) mass is 168 g/mol. The highest BCUT2D eigenvalue weighted by atomic mass is 16.2. The lowest BCUT2D eigenvalue weighted by Crippen LogP contribution is -1.82. The average Bonchev–Trinajstić information content (AvgIpc) is 2.05. The van der Waals surface area contributed by atoms with E-state index in [0.29, 0.717) is 0 Å². The highest BCUT2D eigenvalue weighted by molar-refractivity contribution is 4.97. The molecule has 1 heteroatoms. The summed E-state index contributed by atoms with van der Waals surface area (Å²) < 4.78 is 0. The third kappa shape index (κ3) is 7.55. The molecule has 0 aromatic rings. The van der Waals surface area contributed by atoms with Gasteiger partial charge in [0.15, 0.2) is 0 Å². The number of rotatable bonds is 7. The predicted molar refractivity (Wildman–Crippen MR) is 54.1 cm³/mol. The zero-order valence-corrected chi connectivity index (χ0v) is 8.05. The van der Waals surface area contributed by atoms with Crippen molar-refractivity contribution in [3.63, 3.8) is 0 Å². The summed E-state index contributed by atoms with van der Waals surface area (Å²) in [6.07, 6.45) is 9.85. The molecule has 0 aromatic heterocycles. The Labute approximate surface area is 75.8 Å². The van der Waals surface area contributed by atoms with E-state index in [1.807, 2.05) is 12.2 Å². The molecule has 0 rings (SSSR count). The van der Waals surface area contributed by atoms with Gasteiger partial charge in [-0.1, -0.05) is 24.1 Å². The Balaban J connectivity index is 3.19. The van der Waals surface area contributed by atoms with Gasteiger partial charge >= 0.3 is 0 Å². The van der Waals surface area contributed by atoms with E-state index in [9.17, 15) is 0 Å². The van der Waals surface area contributed by atoms with E-state index in [0.717, 1.165) is 12.8 Å². The van der Waals surface area contributed by atoms with Crippen LogP contribution in [0.25, 0.3) is 0 Å². The van der Waals surface area contributed by atoms with Crippen molar-refractivity contribution >= 4 is 0 Å². The quantitative estimate of drug-likeness (QED) is 0.457. The van der Waals surface area contributed by atoms with E-state index in [4.69, 9.17) is 5.11 Å². The maximum atomic E-state index is 8.59. The summed E-state index contributed by atoms with van der Waals surface area (Å²) >= 11 is 0. The summed E-state index contributed by atoms with van der Waals surface area (Å²) in [5, 5.41) is 8.59. The maximum Gasteiger partial charge on any atom is 0.0614 e. The van der Waals surface area contributed by atoms with Gasteiger partial charge in [-0.2, -0.15) is 0 Å². The normalized spacial score (nSPS) is 11.7. The van der Waals surface area contributed by atoms with E-state index < -0.39 is 0 Å². The molecular formula is C11H20O. The molecule has 0 spiro atoms. The lowest BCUT2D eigenvalue weighted by Gasteiger charge is -1.99. The summed E-state index contributed by atoms with van der Waals surface area (Å²) in [6.45, 7) is 5.93. The summed E-state index contributed by atoms with van der Waals surface area (Å²) in [4.78, 5) is 0. The molecule has 0 saturated heterocycles. The standard InChI is InChI=1S/C11H20O/c1-3-4-5-6-7-8-11(2)9-10-12/h3,9,12H,1,4-8,10H2,2H3. The average molecular weight is 168 g/mol. The van der Waals surface area contributed by atoms with Crippen molar-refractivity contribution in [3.05, 3.63) is 24.3 Å². The number of aliphatic hydroxyl groups excluding tert-OH is 1. The number of aliphatic hydroxyl groups is 1. The zero-order valence-electron chi connectivity index (χ0n) is 8.05. The van der Waals surface area contributed by atoms with Crippen LogP contribution in [0.15, 0.2) is 24.3 Å². The molecule has 12 heavy (non-hydrogen) atoms. The Morgan fingerprint density at radius 3 is 2.67 bits per heavy atom. The molecule has 0 fully saturated rings. The van der Waals surface area contributed by atoms with E-state index in [-0.39, 0.29) is 6.61 Å². The molecule has 0 amide bonds. The van der Waals surface area contributed by atoms with Crippen LogP contribution in [-0.2, 0) is 0 Å². The zero-order chi connectivity index (χ0) is 9.23. The Kier molecular flexibility index (Phi) is 8.14.